The summed E-state index contributed by atoms with van der Waals surface area (Å²) in [7, 11) is 0. The molecule has 1 aromatic carbocycles. The van der Waals surface area contributed by atoms with Gasteiger partial charge in [0.15, 0.2) is 6.29 Å². The van der Waals surface area contributed by atoms with Gasteiger partial charge in [-0.1, -0.05) is 12.1 Å². The average molecular weight is 272 g/mol. The number of amides is 1. The van der Waals surface area contributed by atoms with E-state index in [0.717, 1.165) is 17.2 Å². The van der Waals surface area contributed by atoms with E-state index in [1.165, 1.54) is 0 Å². The third-order valence-corrected chi connectivity index (χ3v) is 3.64. The molecule has 1 fully saturated rings. The monoisotopic (exact) mass is 272 g/mol. The highest BCUT2D eigenvalue weighted by Gasteiger charge is 2.17. The average Bonchev–Trinajstić information content (AvgIpc) is 2.91. The summed E-state index contributed by atoms with van der Waals surface area (Å²) in [4.78, 5) is 25.1. The molecule has 0 bridgehead atoms. The number of hydrogen-bond acceptors (Lipinski definition) is 3. The number of nitrogens with zero attached hydrogens (tertiary/aromatic N) is 2. The molecule has 0 spiro atoms. The summed E-state index contributed by atoms with van der Waals surface area (Å²) in [6.45, 7) is 2.81. The molecule has 20 heavy (non-hydrogen) atoms. The van der Waals surface area contributed by atoms with E-state index in [1.807, 2.05) is 33.9 Å². The van der Waals surface area contributed by atoms with Crippen molar-refractivity contribution in [3.8, 4) is 0 Å². The highest BCUT2D eigenvalue weighted by Crippen LogP contribution is 2.19. The lowest BCUT2D eigenvalue weighted by atomic mass is 10.1. The second kappa shape index (κ2) is 5.46. The van der Waals surface area contributed by atoms with Crippen LogP contribution >= 0.6 is 0 Å². The fourth-order valence-electron chi connectivity index (χ4n) is 2.55. The summed E-state index contributed by atoms with van der Waals surface area (Å²) in [5.74, 6) is 0.0855. The molecular weight excluding hydrogens is 256 g/mol. The fraction of sp³-hybridized carbons (Fsp3) is 0.333. The van der Waals surface area contributed by atoms with E-state index in [4.69, 9.17) is 4.74 Å². The van der Waals surface area contributed by atoms with Crippen molar-refractivity contribution in [1.29, 1.82) is 0 Å². The Morgan fingerprint density at radius 2 is 2.05 bits per heavy atom. The number of carbonyl (C=O) groups excluding carboxylic acids is 2. The number of aromatic nitrogens is 1. The van der Waals surface area contributed by atoms with Gasteiger partial charge in [0.25, 0.3) is 0 Å². The lowest BCUT2D eigenvalue weighted by Gasteiger charge is -2.27. The van der Waals surface area contributed by atoms with Gasteiger partial charge in [-0.25, -0.2) is 0 Å². The number of hydrogen-bond donors (Lipinski definition) is 0. The Hall–Kier alpha value is -2.14. The Kier molecular flexibility index (Phi) is 3.52. The Balaban J connectivity index is 1.84. The fourth-order valence-corrected chi connectivity index (χ4v) is 2.55. The number of ether oxygens (including phenoxy) is 1. The minimum absolute atomic E-state index is 0.0855. The Labute approximate surface area is 116 Å². The standard InChI is InChI=1S/C15H16N2O3/c18-11-12-2-1-3-14-13(12)4-5-17(14)10-15(19)16-6-8-20-9-7-16/h1-5,11H,6-10H2. The Morgan fingerprint density at radius 1 is 1.25 bits per heavy atom. The smallest absolute Gasteiger partial charge is 0.242 e. The third kappa shape index (κ3) is 2.32. The first-order valence-corrected chi connectivity index (χ1v) is 6.68. The first-order chi connectivity index (χ1) is 9.79. The van der Waals surface area contributed by atoms with Gasteiger partial charge in [0.2, 0.25) is 5.91 Å². The lowest BCUT2D eigenvalue weighted by Crippen LogP contribution is -2.42. The summed E-state index contributed by atoms with van der Waals surface area (Å²) in [6.07, 6.45) is 2.70. The van der Waals surface area contributed by atoms with Gasteiger partial charge in [-0.05, 0) is 12.1 Å². The number of carbonyl (C=O) groups is 2. The molecule has 0 N–H and O–H groups in total. The summed E-state index contributed by atoms with van der Waals surface area (Å²) in [6, 6.07) is 7.42. The van der Waals surface area contributed by atoms with E-state index < -0.39 is 0 Å². The van der Waals surface area contributed by atoms with Gasteiger partial charge < -0.3 is 14.2 Å². The number of rotatable bonds is 3. The second-order valence-electron chi connectivity index (χ2n) is 4.83. The summed E-state index contributed by atoms with van der Waals surface area (Å²) < 4.78 is 7.14. The molecule has 3 rings (SSSR count). The third-order valence-electron chi connectivity index (χ3n) is 3.64. The summed E-state index contributed by atoms with van der Waals surface area (Å²) in [5.41, 5.74) is 1.57. The minimum Gasteiger partial charge on any atom is -0.378 e. The van der Waals surface area contributed by atoms with Crippen molar-refractivity contribution in [3.63, 3.8) is 0 Å². The molecule has 1 aromatic heterocycles. The van der Waals surface area contributed by atoms with Crippen molar-refractivity contribution < 1.29 is 14.3 Å². The van der Waals surface area contributed by atoms with E-state index in [-0.39, 0.29) is 5.91 Å². The molecule has 2 aromatic rings. The molecule has 1 saturated heterocycles. The van der Waals surface area contributed by atoms with Gasteiger partial charge in [-0.2, -0.15) is 0 Å². The van der Waals surface area contributed by atoms with Crippen molar-refractivity contribution in [3.05, 3.63) is 36.0 Å². The van der Waals surface area contributed by atoms with E-state index >= 15 is 0 Å². The zero-order valence-corrected chi connectivity index (χ0v) is 11.1. The molecule has 104 valence electrons. The van der Waals surface area contributed by atoms with Gasteiger partial charge in [0.1, 0.15) is 6.54 Å². The predicted molar refractivity (Wildman–Crippen MR) is 74.7 cm³/mol. The van der Waals surface area contributed by atoms with E-state index in [2.05, 4.69) is 0 Å². The van der Waals surface area contributed by atoms with Gasteiger partial charge in [0, 0.05) is 35.8 Å². The predicted octanol–water partition coefficient (Wildman–Crippen LogP) is 1.31. The van der Waals surface area contributed by atoms with Crippen LogP contribution in [0.4, 0.5) is 0 Å². The van der Waals surface area contributed by atoms with Crippen LogP contribution in [0.25, 0.3) is 10.9 Å². The number of aldehydes is 1. The molecule has 0 radical (unpaired) electrons. The van der Waals surface area contributed by atoms with Crippen LogP contribution < -0.4 is 0 Å². The maximum absolute atomic E-state index is 12.2. The Morgan fingerprint density at radius 3 is 2.80 bits per heavy atom. The van der Waals surface area contributed by atoms with Crippen LogP contribution in [0.1, 0.15) is 10.4 Å². The molecule has 0 saturated carbocycles. The first kappa shape index (κ1) is 12.9. The molecular formula is C15H16N2O3. The van der Waals surface area contributed by atoms with Crippen LogP contribution in [0.2, 0.25) is 0 Å². The van der Waals surface area contributed by atoms with Gasteiger partial charge >= 0.3 is 0 Å². The van der Waals surface area contributed by atoms with Crippen molar-refractivity contribution in [1.82, 2.24) is 9.47 Å². The summed E-state index contributed by atoms with van der Waals surface area (Å²) in [5, 5.41) is 0.886. The highest BCUT2D eigenvalue weighted by atomic mass is 16.5. The highest BCUT2D eigenvalue weighted by molar-refractivity contribution is 5.97. The van der Waals surface area contributed by atoms with Crippen LogP contribution in [0.15, 0.2) is 30.5 Å². The van der Waals surface area contributed by atoms with Gasteiger partial charge in [0.05, 0.1) is 13.2 Å². The van der Waals surface area contributed by atoms with E-state index in [0.29, 0.717) is 38.4 Å². The maximum atomic E-state index is 12.2. The molecule has 0 unspecified atom stereocenters. The molecule has 1 aliphatic heterocycles. The van der Waals surface area contributed by atoms with Gasteiger partial charge in [-0.15, -0.1) is 0 Å². The van der Waals surface area contributed by atoms with E-state index in [9.17, 15) is 9.59 Å². The second-order valence-corrected chi connectivity index (χ2v) is 4.83. The molecule has 0 aliphatic carbocycles. The van der Waals surface area contributed by atoms with Crippen molar-refractivity contribution in [2.45, 2.75) is 6.54 Å². The van der Waals surface area contributed by atoms with Crippen LogP contribution in [-0.2, 0) is 16.1 Å². The molecule has 2 heterocycles. The van der Waals surface area contributed by atoms with Crippen LogP contribution in [-0.4, -0.2) is 48.0 Å². The number of morpholine rings is 1. The molecule has 1 aliphatic rings. The first-order valence-electron chi connectivity index (χ1n) is 6.68. The SMILES string of the molecule is O=Cc1cccc2c1ccn2CC(=O)N1CCOCC1. The van der Waals surface area contributed by atoms with Crippen LogP contribution in [0, 0.1) is 0 Å². The lowest BCUT2D eigenvalue weighted by molar-refractivity contribution is -0.135. The molecule has 5 nitrogen and oxygen atoms in total. The maximum Gasteiger partial charge on any atom is 0.242 e. The van der Waals surface area contributed by atoms with Gasteiger partial charge in [-0.3, -0.25) is 9.59 Å². The zero-order chi connectivity index (χ0) is 13.9. The summed E-state index contributed by atoms with van der Waals surface area (Å²) >= 11 is 0. The quantitative estimate of drug-likeness (QED) is 0.792. The molecule has 0 atom stereocenters. The number of fused-ring (bicyclic) bond motifs is 1. The topological polar surface area (TPSA) is 51.5 Å². The van der Waals surface area contributed by atoms with Crippen molar-refractivity contribution in [2.75, 3.05) is 26.3 Å². The molecule has 1 amide bonds. The molecule has 5 heteroatoms. The zero-order valence-electron chi connectivity index (χ0n) is 11.1. The van der Waals surface area contributed by atoms with Crippen LogP contribution in [0.3, 0.4) is 0 Å². The van der Waals surface area contributed by atoms with Crippen molar-refractivity contribution >= 4 is 23.1 Å². The van der Waals surface area contributed by atoms with Crippen LogP contribution in [0.5, 0.6) is 0 Å². The minimum atomic E-state index is 0.0855. The van der Waals surface area contributed by atoms with Crippen molar-refractivity contribution in [2.24, 2.45) is 0 Å². The normalized spacial score (nSPS) is 15.5. The largest absolute Gasteiger partial charge is 0.378 e. The van der Waals surface area contributed by atoms with E-state index in [1.54, 1.807) is 6.07 Å². The number of benzene rings is 1. The Bertz CT molecular complexity index is 642.